The predicted molar refractivity (Wildman–Crippen MR) is 87.7 cm³/mol. The molecule has 2 aliphatic rings. The van der Waals surface area contributed by atoms with Crippen molar-refractivity contribution in [1.82, 2.24) is 15.5 Å². The van der Waals surface area contributed by atoms with Gasteiger partial charge in [0.1, 0.15) is 0 Å². The van der Waals surface area contributed by atoms with Gasteiger partial charge in [0.25, 0.3) is 0 Å². The van der Waals surface area contributed by atoms with E-state index in [1.165, 1.54) is 32.4 Å². The first-order chi connectivity index (χ1) is 10.2. The standard InChI is InChI=1S/C16H32N4O/c1-2-17-15(19-14-16(21)8-4-5-9-16)18-10-13-20-11-6-3-7-12-20/h21H,2-14H2,1H3,(H2,17,18,19). The van der Waals surface area contributed by atoms with Crippen molar-refractivity contribution in [3.63, 3.8) is 0 Å². The number of rotatable bonds is 6. The van der Waals surface area contributed by atoms with E-state index in [-0.39, 0.29) is 0 Å². The lowest BCUT2D eigenvalue weighted by Crippen LogP contribution is -2.43. The molecule has 0 aromatic carbocycles. The van der Waals surface area contributed by atoms with Crippen LogP contribution in [0.1, 0.15) is 51.9 Å². The number of aliphatic hydroxyl groups is 1. The molecular weight excluding hydrogens is 264 g/mol. The summed E-state index contributed by atoms with van der Waals surface area (Å²) in [6.07, 6.45) is 8.10. The Hall–Kier alpha value is -0.810. The quantitative estimate of drug-likeness (QED) is 0.511. The van der Waals surface area contributed by atoms with Crippen LogP contribution >= 0.6 is 0 Å². The summed E-state index contributed by atoms with van der Waals surface area (Å²) in [5, 5.41) is 17.0. The van der Waals surface area contributed by atoms with Gasteiger partial charge in [-0.25, -0.2) is 0 Å². The fourth-order valence-corrected chi connectivity index (χ4v) is 3.27. The van der Waals surface area contributed by atoms with Crippen molar-refractivity contribution in [2.45, 2.75) is 57.5 Å². The van der Waals surface area contributed by atoms with E-state index < -0.39 is 5.60 Å². The minimum Gasteiger partial charge on any atom is -0.388 e. The molecule has 0 bridgehead atoms. The molecule has 2 rings (SSSR count). The Morgan fingerprint density at radius 3 is 2.48 bits per heavy atom. The van der Waals surface area contributed by atoms with E-state index in [2.05, 4.69) is 27.4 Å². The Morgan fingerprint density at radius 2 is 1.81 bits per heavy atom. The molecule has 5 nitrogen and oxygen atoms in total. The molecule has 2 fully saturated rings. The number of aliphatic imine (C=N–C) groups is 1. The number of nitrogens with one attached hydrogen (secondary N) is 2. The number of hydrogen-bond acceptors (Lipinski definition) is 3. The largest absolute Gasteiger partial charge is 0.388 e. The number of nitrogens with zero attached hydrogens (tertiary/aromatic N) is 2. The third-order valence-electron chi connectivity index (χ3n) is 4.58. The first kappa shape index (κ1) is 16.6. The fourth-order valence-electron chi connectivity index (χ4n) is 3.27. The van der Waals surface area contributed by atoms with Gasteiger partial charge in [0.15, 0.2) is 5.96 Å². The van der Waals surface area contributed by atoms with E-state index in [9.17, 15) is 5.11 Å². The van der Waals surface area contributed by atoms with Crippen LogP contribution in [-0.4, -0.2) is 60.8 Å². The molecule has 21 heavy (non-hydrogen) atoms. The second kappa shape index (κ2) is 8.59. The van der Waals surface area contributed by atoms with E-state index in [0.717, 1.165) is 51.3 Å². The van der Waals surface area contributed by atoms with Gasteiger partial charge in [-0.05, 0) is 45.7 Å². The monoisotopic (exact) mass is 296 g/mol. The molecule has 1 aliphatic carbocycles. The molecule has 0 radical (unpaired) electrons. The van der Waals surface area contributed by atoms with Crippen molar-refractivity contribution in [2.24, 2.45) is 4.99 Å². The van der Waals surface area contributed by atoms with Gasteiger partial charge < -0.3 is 20.6 Å². The highest BCUT2D eigenvalue weighted by Gasteiger charge is 2.30. The Kier molecular flexibility index (Phi) is 6.77. The Balaban J connectivity index is 1.72. The average Bonchev–Trinajstić information content (AvgIpc) is 2.93. The summed E-state index contributed by atoms with van der Waals surface area (Å²) in [6, 6.07) is 0. The summed E-state index contributed by atoms with van der Waals surface area (Å²) in [5.41, 5.74) is -0.560. The zero-order chi connectivity index (χ0) is 15.0. The number of guanidine groups is 1. The van der Waals surface area contributed by atoms with Gasteiger partial charge in [-0.3, -0.25) is 4.99 Å². The van der Waals surface area contributed by atoms with Gasteiger partial charge in [0.2, 0.25) is 0 Å². The molecule has 5 heteroatoms. The van der Waals surface area contributed by atoms with Crippen LogP contribution in [0.4, 0.5) is 0 Å². The summed E-state index contributed by atoms with van der Waals surface area (Å²) in [7, 11) is 0. The maximum atomic E-state index is 10.4. The third-order valence-corrected chi connectivity index (χ3v) is 4.58. The molecular formula is C16H32N4O. The van der Waals surface area contributed by atoms with Gasteiger partial charge >= 0.3 is 0 Å². The average molecular weight is 296 g/mol. The lowest BCUT2D eigenvalue weighted by molar-refractivity contribution is 0.0574. The molecule has 1 heterocycles. The Morgan fingerprint density at radius 1 is 1.10 bits per heavy atom. The van der Waals surface area contributed by atoms with Crippen LogP contribution in [0.5, 0.6) is 0 Å². The molecule has 0 spiro atoms. The summed E-state index contributed by atoms with van der Waals surface area (Å²) in [6.45, 7) is 7.91. The topological polar surface area (TPSA) is 59.9 Å². The van der Waals surface area contributed by atoms with E-state index in [0.29, 0.717) is 6.54 Å². The lowest BCUT2D eigenvalue weighted by Gasteiger charge is -2.26. The van der Waals surface area contributed by atoms with Crippen LogP contribution in [0.2, 0.25) is 0 Å². The lowest BCUT2D eigenvalue weighted by atomic mass is 10.0. The zero-order valence-electron chi connectivity index (χ0n) is 13.5. The van der Waals surface area contributed by atoms with Crippen LogP contribution in [0.15, 0.2) is 4.99 Å². The van der Waals surface area contributed by atoms with Crippen LogP contribution in [0.3, 0.4) is 0 Å². The van der Waals surface area contributed by atoms with Crippen LogP contribution in [0.25, 0.3) is 0 Å². The van der Waals surface area contributed by atoms with E-state index >= 15 is 0 Å². The van der Waals surface area contributed by atoms with Crippen molar-refractivity contribution in [1.29, 1.82) is 0 Å². The SMILES string of the molecule is CCNC(=NCC1(O)CCCC1)NCCN1CCCCC1. The summed E-state index contributed by atoms with van der Waals surface area (Å²) >= 11 is 0. The normalized spacial score (nSPS) is 23.2. The maximum absolute atomic E-state index is 10.4. The molecule has 1 aliphatic heterocycles. The minimum atomic E-state index is -0.560. The molecule has 1 saturated heterocycles. The first-order valence-electron chi connectivity index (χ1n) is 8.69. The number of piperidine rings is 1. The van der Waals surface area contributed by atoms with Crippen molar-refractivity contribution in [3.05, 3.63) is 0 Å². The highest BCUT2D eigenvalue weighted by atomic mass is 16.3. The molecule has 0 amide bonds. The highest BCUT2D eigenvalue weighted by molar-refractivity contribution is 5.79. The molecule has 0 aromatic heterocycles. The summed E-state index contributed by atoms with van der Waals surface area (Å²) in [5.74, 6) is 0.842. The van der Waals surface area contributed by atoms with Gasteiger partial charge in [0, 0.05) is 19.6 Å². The molecule has 0 atom stereocenters. The van der Waals surface area contributed by atoms with Crippen molar-refractivity contribution in [3.8, 4) is 0 Å². The van der Waals surface area contributed by atoms with Crippen LogP contribution < -0.4 is 10.6 Å². The first-order valence-corrected chi connectivity index (χ1v) is 8.69. The van der Waals surface area contributed by atoms with Gasteiger partial charge in [-0.15, -0.1) is 0 Å². The highest BCUT2D eigenvalue weighted by Crippen LogP contribution is 2.29. The van der Waals surface area contributed by atoms with Crippen molar-refractivity contribution < 1.29 is 5.11 Å². The number of hydrogen-bond donors (Lipinski definition) is 3. The smallest absolute Gasteiger partial charge is 0.191 e. The zero-order valence-corrected chi connectivity index (χ0v) is 13.5. The molecule has 0 unspecified atom stereocenters. The van der Waals surface area contributed by atoms with Crippen LogP contribution in [-0.2, 0) is 0 Å². The minimum absolute atomic E-state index is 0.520. The van der Waals surface area contributed by atoms with Crippen LogP contribution in [0, 0.1) is 0 Å². The van der Waals surface area contributed by atoms with Crippen molar-refractivity contribution in [2.75, 3.05) is 39.3 Å². The van der Waals surface area contributed by atoms with E-state index in [1.54, 1.807) is 0 Å². The Labute approximate surface area is 129 Å². The van der Waals surface area contributed by atoms with Gasteiger partial charge in [-0.1, -0.05) is 19.3 Å². The second-order valence-corrected chi connectivity index (χ2v) is 6.46. The van der Waals surface area contributed by atoms with Crippen molar-refractivity contribution >= 4 is 5.96 Å². The summed E-state index contributed by atoms with van der Waals surface area (Å²) in [4.78, 5) is 7.09. The predicted octanol–water partition coefficient (Wildman–Crippen LogP) is 1.33. The maximum Gasteiger partial charge on any atom is 0.191 e. The Bertz CT molecular complexity index is 320. The summed E-state index contributed by atoms with van der Waals surface area (Å²) < 4.78 is 0. The van der Waals surface area contributed by atoms with Gasteiger partial charge in [0.05, 0.1) is 12.1 Å². The van der Waals surface area contributed by atoms with Gasteiger partial charge in [-0.2, -0.15) is 0 Å². The van der Waals surface area contributed by atoms with E-state index in [1.807, 2.05) is 0 Å². The molecule has 122 valence electrons. The van der Waals surface area contributed by atoms with E-state index in [4.69, 9.17) is 0 Å². The molecule has 3 N–H and O–H groups in total. The third kappa shape index (κ3) is 5.83. The molecule has 1 saturated carbocycles. The number of likely N-dealkylation sites (tertiary alicyclic amines) is 1. The second-order valence-electron chi connectivity index (χ2n) is 6.46. The fraction of sp³-hybridized carbons (Fsp3) is 0.938. The molecule has 0 aromatic rings.